The van der Waals surface area contributed by atoms with Gasteiger partial charge in [-0.25, -0.2) is 9.07 Å². The number of halogens is 1. The lowest BCUT2D eigenvalue weighted by molar-refractivity contribution is -0.119. The van der Waals surface area contributed by atoms with Crippen LogP contribution in [0.1, 0.15) is 28.1 Å². The third kappa shape index (κ3) is 4.85. The van der Waals surface area contributed by atoms with Crippen molar-refractivity contribution in [2.75, 3.05) is 13.2 Å². The fourth-order valence-corrected chi connectivity index (χ4v) is 3.08. The zero-order chi connectivity index (χ0) is 20.4. The minimum Gasteiger partial charge on any atom is -0.493 e. The number of ether oxygens (including phenoxy) is 2. The van der Waals surface area contributed by atoms with Crippen molar-refractivity contribution in [3.05, 3.63) is 48.4 Å². The van der Waals surface area contributed by atoms with Crippen molar-refractivity contribution >= 4 is 16.8 Å². The summed E-state index contributed by atoms with van der Waals surface area (Å²) >= 11 is 0. The predicted molar refractivity (Wildman–Crippen MR) is 110 cm³/mol. The molecule has 6 nitrogen and oxygen atoms in total. The van der Waals surface area contributed by atoms with Crippen LogP contribution in [0.3, 0.4) is 0 Å². The molecule has 1 aromatic heterocycles. The van der Waals surface area contributed by atoms with Gasteiger partial charge in [-0.1, -0.05) is 0 Å². The van der Waals surface area contributed by atoms with E-state index >= 15 is 0 Å². The van der Waals surface area contributed by atoms with Crippen LogP contribution in [0.4, 0.5) is 4.39 Å². The number of benzene rings is 2. The first-order valence-corrected chi connectivity index (χ1v) is 9.80. The molecule has 0 bridgehead atoms. The molecule has 29 heavy (non-hydrogen) atoms. The summed E-state index contributed by atoms with van der Waals surface area (Å²) in [7, 11) is 0. The summed E-state index contributed by atoms with van der Waals surface area (Å²) in [4.78, 5) is 11.0. The fourth-order valence-electron chi connectivity index (χ4n) is 3.08. The number of rotatable bonds is 8. The fraction of sp³-hybridized carbons (Fsp3) is 0.364. The van der Waals surface area contributed by atoms with Crippen LogP contribution in [-0.2, 0) is 4.79 Å². The van der Waals surface area contributed by atoms with Gasteiger partial charge in [0.15, 0.2) is 0 Å². The molecule has 3 aromatic rings. The van der Waals surface area contributed by atoms with Crippen molar-refractivity contribution in [2.45, 2.75) is 32.7 Å². The molecule has 1 saturated carbocycles. The van der Waals surface area contributed by atoms with Gasteiger partial charge in [-0.2, -0.15) is 5.10 Å². The molecule has 0 unspecified atom stereocenters. The van der Waals surface area contributed by atoms with Crippen LogP contribution in [0.25, 0.3) is 16.6 Å². The number of hydrogen-bond acceptors (Lipinski definition) is 4. The standard InChI is InChI=1S/C22H24FN3O3.H2/c1-14(24-15(2)27)12-28-18-7-5-17(6-8-18)26-11-20-21(23)9-19(10-22(20)25-26)29-13-16-3-4-16;/h5-11,14,16H,3-4,12-13H2,1-2H3,(H,24,27);1H/t14-;/m0./s1. The summed E-state index contributed by atoms with van der Waals surface area (Å²) < 4.78 is 27.5. The minimum absolute atomic E-state index is 0. The van der Waals surface area contributed by atoms with E-state index in [1.807, 2.05) is 31.2 Å². The highest BCUT2D eigenvalue weighted by molar-refractivity contribution is 5.81. The monoisotopic (exact) mass is 399 g/mol. The van der Waals surface area contributed by atoms with Crippen molar-refractivity contribution < 1.29 is 20.1 Å². The number of nitrogens with zero attached hydrogens (tertiary/aromatic N) is 2. The summed E-state index contributed by atoms with van der Waals surface area (Å²) in [6.45, 7) is 4.36. The van der Waals surface area contributed by atoms with E-state index in [1.165, 1.54) is 25.8 Å². The average Bonchev–Trinajstić information content (AvgIpc) is 3.41. The largest absolute Gasteiger partial charge is 0.493 e. The molecule has 1 amide bonds. The van der Waals surface area contributed by atoms with Gasteiger partial charge >= 0.3 is 0 Å². The first-order valence-electron chi connectivity index (χ1n) is 9.80. The zero-order valence-corrected chi connectivity index (χ0v) is 16.5. The number of aromatic nitrogens is 2. The number of carbonyl (C=O) groups excluding carboxylic acids is 1. The van der Waals surface area contributed by atoms with Crippen LogP contribution in [0.15, 0.2) is 42.6 Å². The molecule has 0 aliphatic heterocycles. The summed E-state index contributed by atoms with van der Waals surface area (Å²) in [5.74, 6) is 1.38. The molecule has 1 N–H and O–H groups in total. The maximum atomic E-state index is 14.5. The van der Waals surface area contributed by atoms with Crippen LogP contribution in [-0.4, -0.2) is 34.9 Å². The smallest absolute Gasteiger partial charge is 0.217 e. The van der Waals surface area contributed by atoms with E-state index in [9.17, 15) is 9.18 Å². The van der Waals surface area contributed by atoms with Gasteiger partial charge in [0.2, 0.25) is 5.91 Å². The molecule has 1 aliphatic carbocycles. The number of carbonyl (C=O) groups is 1. The molecule has 0 radical (unpaired) electrons. The van der Waals surface area contributed by atoms with Gasteiger partial charge in [0, 0.05) is 26.7 Å². The van der Waals surface area contributed by atoms with E-state index in [-0.39, 0.29) is 19.2 Å². The second-order valence-corrected chi connectivity index (χ2v) is 7.57. The highest BCUT2D eigenvalue weighted by atomic mass is 19.1. The van der Waals surface area contributed by atoms with Gasteiger partial charge in [-0.3, -0.25) is 4.79 Å². The molecular formula is C22H26FN3O3. The third-order valence-electron chi connectivity index (χ3n) is 4.78. The lowest BCUT2D eigenvalue weighted by Crippen LogP contribution is -2.35. The Kier molecular flexibility index (Phi) is 5.38. The summed E-state index contributed by atoms with van der Waals surface area (Å²) in [6.07, 6.45) is 4.04. The molecule has 1 fully saturated rings. The van der Waals surface area contributed by atoms with E-state index in [0.29, 0.717) is 41.5 Å². The van der Waals surface area contributed by atoms with E-state index in [4.69, 9.17) is 9.47 Å². The Morgan fingerprint density at radius 2 is 2.03 bits per heavy atom. The lowest BCUT2D eigenvalue weighted by atomic mass is 10.2. The van der Waals surface area contributed by atoms with Crippen LogP contribution < -0.4 is 14.8 Å². The highest BCUT2D eigenvalue weighted by Crippen LogP contribution is 2.31. The van der Waals surface area contributed by atoms with Gasteiger partial charge in [-0.05, 0) is 49.9 Å². The minimum atomic E-state index is -0.341. The predicted octanol–water partition coefficient (Wildman–Crippen LogP) is 4.10. The lowest BCUT2D eigenvalue weighted by Gasteiger charge is -2.14. The molecule has 0 saturated heterocycles. The topological polar surface area (TPSA) is 65.4 Å². The van der Waals surface area contributed by atoms with Crippen LogP contribution in [0, 0.1) is 11.7 Å². The SMILES string of the molecule is CC(=O)N[C@@H](C)COc1ccc(-n2cc3c(F)cc(OCC4CC4)cc3n2)cc1.[HH]. The molecule has 7 heteroatoms. The van der Waals surface area contributed by atoms with Gasteiger partial charge in [-0.15, -0.1) is 0 Å². The van der Waals surface area contributed by atoms with Crippen molar-refractivity contribution in [3.8, 4) is 17.2 Å². The normalized spacial score (nSPS) is 14.6. The van der Waals surface area contributed by atoms with E-state index in [2.05, 4.69) is 10.4 Å². The second kappa shape index (κ2) is 8.11. The summed E-state index contributed by atoms with van der Waals surface area (Å²) in [5, 5.41) is 7.71. The Morgan fingerprint density at radius 1 is 1.28 bits per heavy atom. The van der Waals surface area contributed by atoms with Crippen molar-refractivity contribution in [1.82, 2.24) is 15.1 Å². The Labute approximate surface area is 170 Å². The van der Waals surface area contributed by atoms with E-state index < -0.39 is 0 Å². The molecule has 0 spiro atoms. The van der Waals surface area contributed by atoms with Gasteiger partial charge < -0.3 is 14.8 Å². The van der Waals surface area contributed by atoms with Gasteiger partial charge in [0.05, 0.1) is 29.2 Å². The first-order chi connectivity index (χ1) is 14.0. The zero-order valence-electron chi connectivity index (χ0n) is 16.5. The number of amides is 1. The summed E-state index contributed by atoms with van der Waals surface area (Å²) in [5.41, 5.74) is 1.35. The van der Waals surface area contributed by atoms with Gasteiger partial charge in [0.25, 0.3) is 0 Å². The molecule has 154 valence electrons. The Morgan fingerprint density at radius 3 is 2.72 bits per heavy atom. The number of nitrogens with one attached hydrogen (secondary N) is 1. The molecule has 2 aromatic carbocycles. The van der Waals surface area contributed by atoms with Crippen LogP contribution in [0.2, 0.25) is 0 Å². The van der Waals surface area contributed by atoms with E-state index in [1.54, 1.807) is 16.9 Å². The maximum Gasteiger partial charge on any atom is 0.217 e. The number of fused-ring (bicyclic) bond motifs is 1. The third-order valence-corrected chi connectivity index (χ3v) is 4.78. The van der Waals surface area contributed by atoms with E-state index in [0.717, 1.165) is 5.69 Å². The number of hydrogen-bond donors (Lipinski definition) is 1. The molecular weight excluding hydrogens is 373 g/mol. The van der Waals surface area contributed by atoms with Crippen molar-refractivity contribution in [1.29, 1.82) is 0 Å². The Balaban J connectivity index is 0.00000256. The van der Waals surface area contributed by atoms with Crippen LogP contribution in [0.5, 0.6) is 11.5 Å². The molecule has 1 heterocycles. The Hall–Kier alpha value is -3.09. The van der Waals surface area contributed by atoms with Gasteiger partial charge in [0.1, 0.15) is 23.9 Å². The first kappa shape index (κ1) is 19.2. The highest BCUT2D eigenvalue weighted by Gasteiger charge is 2.22. The average molecular weight is 399 g/mol. The second-order valence-electron chi connectivity index (χ2n) is 7.57. The Bertz CT molecular complexity index is 1020. The molecule has 1 atom stereocenters. The van der Waals surface area contributed by atoms with Crippen molar-refractivity contribution in [3.63, 3.8) is 0 Å². The quantitative estimate of drug-likeness (QED) is 0.619. The maximum absolute atomic E-state index is 14.5. The van der Waals surface area contributed by atoms with Crippen LogP contribution >= 0.6 is 0 Å². The molecule has 4 rings (SSSR count). The summed E-state index contributed by atoms with van der Waals surface area (Å²) in [6, 6.07) is 10.5. The van der Waals surface area contributed by atoms with Crippen molar-refractivity contribution in [2.24, 2.45) is 5.92 Å². The molecule has 1 aliphatic rings.